The zero-order valence-electron chi connectivity index (χ0n) is 14.3. The third-order valence-electron chi connectivity index (χ3n) is 3.86. The molecule has 1 saturated heterocycles. The number of carbonyl (C=O) groups is 1. The standard InChI is InChI=1S/C17H26FN5O/c1-13(2)21-16(24)7-8-20-17(19)23-11-9-22(10-12-23)15-5-3-14(18)4-6-15/h3-6,13H,7-12H2,1-2H3,(H2,19,20)(H,21,24). The van der Waals surface area contributed by atoms with Gasteiger partial charge in [0.25, 0.3) is 0 Å². The summed E-state index contributed by atoms with van der Waals surface area (Å²) in [4.78, 5) is 20.1. The largest absolute Gasteiger partial charge is 0.370 e. The van der Waals surface area contributed by atoms with E-state index in [0.29, 0.717) is 18.9 Å². The Balaban J connectivity index is 1.77. The Bertz CT molecular complexity index is 565. The van der Waals surface area contributed by atoms with E-state index in [9.17, 15) is 9.18 Å². The van der Waals surface area contributed by atoms with E-state index < -0.39 is 0 Å². The number of aliphatic imine (C=N–C) groups is 1. The topological polar surface area (TPSA) is 74.0 Å². The molecule has 1 heterocycles. The number of anilines is 1. The highest BCUT2D eigenvalue weighted by Gasteiger charge is 2.18. The number of benzene rings is 1. The van der Waals surface area contributed by atoms with Gasteiger partial charge in [-0.2, -0.15) is 0 Å². The number of carbonyl (C=O) groups excluding carboxylic acids is 1. The molecule has 0 saturated carbocycles. The van der Waals surface area contributed by atoms with Crippen LogP contribution < -0.4 is 16.0 Å². The second kappa shape index (κ2) is 8.52. The van der Waals surface area contributed by atoms with Gasteiger partial charge in [-0.25, -0.2) is 4.39 Å². The SMILES string of the molecule is CC(C)NC(=O)CCN=C(N)N1CCN(c2ccc(F)cc2)CC1. The van der Waals surface area contributed by atoms with Gasteiger partial charge in [-0.3, -0.25) is 9.79 Å². The summed E-state index contributed by atoms with van der Waals surface area (Å²) in [7, 11) is 0. The average Bonchev–Trinajstić information content (AvgIpc) is 2.55. The molecule has 0 spiro atoms. The molecule has 0 radical (unpaired) electrons. The number of halogens is 1. The fourth-order valence-electron chi connectivity index (χ4n) is 2.61. The molecule has 1 aromatic carbocycles. The highest BCUT2D eigenvalue weighted by atomic mass is 19.1. The second-order valence-electron chi connectivity index (χ2n) is 6.16. The van der Waals surface area contributed by atoms with Crippen molar-refractivity contribution < 1.29 is 9.18 Å². The van der Waals surface area contributed by atoms with Crippen molar-refractivity contribution >= 4 is 17.6 Å². The minimum absolute atomic E-state index is 0.0114. The molecule has 1 amide bonds. The fourth-order valence-corrected chi connectivity index (χ4v) is 2.61. The van der Waals surface area contributed by atoms with Gasteiger partial charge in [0, 0.05) is 44.3 Å². The first-order valence-electron chi connectivity index (χ1n) is 8.30. The van der Waals surface area contributed by atoms with Crippen LogP contribution in [-0.4, -0.2) is 55.5 Å². The van der Waals surface area contributed by atoms with Crippen LogP contribution in [0.3, 0.4) is 0 Å². The molecule has 0 unspecified atom stereocenters. The summed E-state index contributed by atoms with van der Waals surface area (Å²) >= 11 is 0. The number of rotatable bonds is 5. The Morgan fingerprint density at radius 1 is 1.25 bits per heavy atom. The number of piperazine rings is 1. The number of nitrogens with zero attached hydrogens (tertiary/aromatic N) is 3. The van der Waals surface area contributed by atoms with Crippen molar-refractivity contribution in [1.29, 1.82) is 0 Å². The molecule has 0 aliphatic carbocycles. The third kappa shape index (κ3) is 5.40. The lowest BCUT2D eigenvalue weighted by Gasteiger charge is -2.36. The Morgan fingerprint density at radius 3 is 2.46 bits per heavy atom. The maximum absolute atomic E-state index is 13.0. The molecule has 1 aliphatic heterocycles. The van der Waals surface area contributed by atoms with Gasteiger partial charge in [0.05, 0.1) is 6.54 Å². The first-order valence-corrected chi connectivity index (χ1v) is 8.30. The molecular formula is C17H26FN5O. The van der Waals surface area contributed by atoms with Crippen molar-refractivity contribution in [3.8, 4) is 0 Å². The van der Waals surface area contributed by atoms with Crippen molar-refractivity contribution in [2.75, 3.05) is 37.6 Å². The Hall–Kier alpha value is -2.31. The lowest BCUT2D eigenvalue weighted by atomic mass is 10.2. The van der Waals surface area contributed by atoms with Gasteiger partial charge >= 0.3 is 0 Å². The monoisotopic (exact) mass is 335 g/mol. The summed E-state index contributed by atoms with van der Waals surface area (Å²) in [6.07, 6.45) is 0.342. The van der Waals surface area contributed by atoms with E-state index in [1.54, 1.807) is 12.1 Å². The molecule has 2 rings (SSSR count). The molecule has 7 heteroatoms. The van der Waals surface area contributed by atoms with E-state index in [0.717, 1.165) is 31.9 Å². The average molecular weight is 335 g/mol. The van der Waals surface area contributed by atoms with E-state index in [1.807, 2.05) is 18.7 Å². The third-order valence-corrected chi connectivity index (χ3v) is 3.86. The Labute approximate surface area is 142 Å². The summed E-state index contributed by atoms with van der Waals surface area (Å²) in [5.41, 5.74) is 7.03. The molecule has 0 atom stereocenters. The van der Waals surface area contributed by atoms with Gasteiger partial charge in [0.15, 0.2) is 5.96 Å². The molecule has 1 aliphatic rings. The minimum Gasteiger partial charge on any atom is -0.370 e. The molecule has 24 heavy (non-hydrogen) atoms. The Morgan fingerprint density at radius 2 is 1.88 bits per heavy atom. The molecule has 0 aromatic heterocycles. The number of hydrogen-bond donors (Lipinski definition) is 2. The zero-order valence-corrected chi connectivity index (χ0v) is 14.3. The van der Waals surface area contributed by atoms with Gasteiger partial charge < -0.3 is 20.9 Å². The molecular weight excluding hydrogens is 309 g/mol. The molecule has 3 N–H and O–H groups in total. The van der Waals surface area contributed by atoms with E-state index in [2.05, 4.69) is 15.2 Å². The maximum atomic E-state index is 13.0. The van der Waals surface area contributed by atoms with Crippen LogP contribution in [0.1, 0.15) is 20.3 Å². The molecule has 6 nitrogen and oxygen atoms in total. The lowest BCUT2D eigenvalue weighted by Crippen LogP contribution is -2.51. The molecule has 1 aromatic rings. The predicted molar refractivity (Wildman–Crippen MR) is 94.6 cm³/mol. The summed E-state index contributed by atoms with van der Waals surface area (Å²) in [5, 5.41) is 2.83. The van der Waals surface area contributed by atoms with Gasteiger partial charge in [-0.15, -0.1) is 0 Å². The second-order valence-corrected chi connectivity index (χ2v) is 6.16. The van der Waals surface area contributed by atoms with Gasteiger partial charge in [-0.05, 0) is 38.1 Å². The van der Waals surface area contributed by atoms with Crippen LogP contribution in [-0.2, 0) is 4.79 Å². The molecule has 0 bridgehead atoms. The fraction of sp³-hybridized carbons (Fsp3) is 0.529. The van der Waals surface area contributed by atoms with Gasteiger partial charge in [0.1, 0.15) is 5.82 Å². The smallest absolute Gasteiger partial charge is 0.222 e. The number of guanidine groups is 1. The van der Waals surface area contributed by atoms with E-state index in [-0.39, 0.29) is 17.8 Å². The van der Waals surface area contributed by atoms with Crippen LogP contribution in [0, 0.1) is 5.82 Å². The minimum atomic E-state index is -0.227. The normalized spacial score (nSPS) is 15.8. The summed E-state index contributed by atoms with van der Waals surface area (Å²) in [5.74, 6) is 0.240. The van der Waals surface area contributed by atoms with Crippen molar-refractivity contribution in [2.45, 2.75) is 26.3 Å². The van der Waals surface area contributed by atoms with E-state index in [1.165, 1.54) is 12.1 Å². The van der Waals surface area contributed by atoms with Crippen molar-refractivity contribution in [3.05, 3.63) is 30.1 Å². The maximum Gasteiger partial charge on any atom is 0.222 e. The van der Waals surface area contributed by atoms with Crippen LogP contribution in [0.4, 0.5) is 10.1 Å². The van der Waals surface area contributed by atoms with E-state index >= 15 is 0 Å². The van der Waals surface area contributed by atoms with Crippen LogP contribution in [0.15, 0.2) is 29.3 Å². The summed E-state index contributed by atoms with van der Waals surface area (Å²) in [6, 6.07) is 6.66. The molecule has 1 fully saturated rings. The van der Waals surface area contributed by atoms with Crippen molar-refractivity contribution in [1.82, 2.24) is 10.2 Å². The van der Waals surface area contributed by atoms with Crippen LogP contribution >= 0.6 is 0 Å². The van der Waals surface area contributed by atoms with Crippen LogP contribution in [0.25, 0.3) is 0 Å². The van der Waals surface area contributed by atoms with Gasteiger partial charge in [-0.1, -0.05) is 0 Å². The summed E-state index contributed by atoms with van der Waals surface area (Å²) < 4.78 is 13.0. The highest BCUT2D eigenvalue weighted by molar-refractivity contribution is 5.80. The van der Waals surface area contributed by atoms with E-state index in [4.69, 9.17) is 5.73 Å². The van der Waals surface area contributed by atoms with Crippen molar-refractivity contribution in [3.63, 3.8) is 0 Å². The van der Waals surface area contributed by atoms with Crippen LogP contribution in [0.5, 0.6) is 0 Å². The van der Waals surface area contributed by atoms with Crippen LogP contribution in [0.2, 0.25) is 0 Å². The number of amides is 1. The first kappa shape index (κ1) is 18.0. The number of hydrogen-bond acceptors (Lipinski definition) is 3. The predicted octanol–water partition coefficient (Wildman–Crippen LogP) is 1.18. The zero-order chi connectivity index (χ0) is 17.5. The van der Waals surface area contributed by atoms with Crippen molar-refractivity contribution in [2.24, 2.45) is 10.7 Å². The Kier molecular flexibility index (Phi) is 6.40. The molecule has 132 valence electrons. The highest BCUT2D eigenvalue weighted by Crippen LogP contribution is 2.16. The summed E-state index contributed by atoms with van der Waals surface area (Å²) in [6.45, 7) is 7.36. The number of nitrogens with two attached hydrogens (primary N) is 1. The van der Waals surface area contributed by atoms with Gasteiger partial charge in [0.2, 0.25) is 5.91 Å². The number of nitrogens with one attached hydrogen (secondary N) is 1. The quantitative estimate of drug-likeness (QED) is 0.626. The lowest BCUT2D eigenvalue weighted by molar-refractivity contribution is -0.121. The first-order chi connectivity index (χ1) is 11.5.